The van der Waals surface area contributed by atoms with Crippen molar-refractivity contribution in [1.82, 2.24) is 4.90 Å². The highest BCUT2D eigenvalue weighted by atomic mass is 16.5. The Labute approximate surface area is 177 Å². The first kappa shape index (κ1) is 21.4. The van der Waals surface area contributed by atoms with Crippen LogP contribution in [0.5, 0.6) is 5.75 Å². The van der Waals surface area contributed by atoms with E-state index in [-0.39, 0.29) is 18.4 Å². The largest absolute Gasteiger partial charge is 0.490 e. The fourth-order valence-corrected chi connectivity index (χ4v) is 3.40. The topological polar surface area (TPSA) is 70.7 Å². The zero-order chi connectivity index (χ0) is 21.2. The molecule has 0 saturated carbocycles. The van der Waals surface area contributed by atoms with Crippen molar-refractivity contribution in [3.63, 3.8) is 0 Å². The van der Waals surface area contributed by atoms with Gasteiger partial charge in [0.25, 0.3) is 5.91 Å². The highest BCUT2D eigenvalue weighted by molar-refractivity contribution is 5.98. The maximum Gasteiger partial charge on any atom is 0.253 e. The number of anilines is 2. The van der Waals surface area contributed by atoms with Crippen LogP contribution in [-0.4, -0.2) is 43.0 Å². The molecule has 1 aliphatic heterocycles. The quantitative estimate of drug-likeness (QED) is 0.640. The van der Waals surface area contributed by atoms with E-state index < -0.39 is 0 Å². The summed E-state index contributed by atoms with van der Waals surface area (Å²) in [4.78, 5) is 27.0. The molecule has 2 aromatic rings. The summed E-state index contributed by atoms with van der Waals surface area (Å²) >= 11 is 0. The number of nitrogens with zero attached hydrogens (tertiary/aromatic N) is 1. The van der Waals surface area contributed by atoms with E-state index >= 15 is 0 Å². The van der Waals surface area contributed by atoms with Crippen molar-refractivity contribution >= 4 is 23.2 Å². The van der Waals surface area contributed by atoms with E-state index in [1.807, 2.05) is 29.2 Å². The Balaban J connectivity index is 1.52. The third-order valence-corrected chi connectivity index (χ3v) is 4.96. The van der Waals surface area contributed by atoms with E-state index in [9.17, 15) is 9.59 Å². The molecule has 0 aromatic heterocycles. The number of ether oxygens (including phenoxy) is 1. The summed E-state index contributed by atoms with van der Waals surface area (Å²) < 4.78 is 5.44. The van der Waals surface area contributed by atoms with Gasteiger partial charge in [-0.1, -0.05) is 31.6 Å². The minimum Gasteiger partial charge on any atom is -0.490 e. The van der Waals surface area contributed by atoms with Crippen molar-refractivity contribution in [1.29, 1.82) is 0 Å². The lowest BCUT2D eigenvalue weighted by molar-refractivity contribution is -0.114. The van der Waals surface area contributed by atoms with Gasteiger partial charge in [-0.15, -0.1) is 0 Å². The summed E-state index contributed by atoms with van der Waals surface area (Å²) in [6.45, 7) is 5.80. The average molecular weight is 408 g/mol. The smallest absolute Gasteiger partial charge is 0.253 e. The van der Waals surface area contributed by atoms with E-state index in [0.717, 1.165) is 37.4 Å². The molecule has 2 amide bonds. The molecule has 6 nitrogen and oxygen atoms in total. The lowest BCUT2D eigenvalue weighted by Crippen LogP contribution is -2.31. The standard InChI is InChI=1S/C24H29N3O3/c1-2-16-30-22-12-10-20(11-13-22)25-18-23(28)26-21-9-7-8-19(17-21)24(29)27-14-5-3-4-6-15-27/h2,7-13,17,25H,1,3-6,14-16,18H2,(H,26,28). The van der Waals surface area contributed by atoms with Gasteiger partial charge >= 0.3 is 0 Å². The summed E-state index contributed by atoms with van der Waals surface area (Å²) in [7, 11) is 0. The summed E-state index contributed by atoms with van der Waals surface area (Å²) in [5.74, 6) is 0.599. The van der Waals surface area contributed by atoms with Gasteiger partial charge in [-0.25, -0.2) is 0 Å². The lowest BCUT2D eigenvalue weighted by atomic mass is 10.1. The molecular formula is C24H29N3O3. The van der Waals surface area contributed by atoms with Gasteiger partial charge in [-0.05, 0) is 55.3 Å². The van der Waals surface area contributed by atoms with Crippen LogP contribution in [0.3, 0.4) is 0 Å². The molecule has 0 bridgehead atoms. The van der Waals surface area contributed by atoms with Gasteiger partial charge in [-0.2, -0.15) is 0 Å². The molecule has 6 heteroatoms. The number of hydrogen-bond acceptors (Lipinski definition) is 4. The first-order valence-electron chi connectivity index (χ1n) is 10.4. The number of rotatable bonds is 8. The molecule has 1 aliphatic rings. The second-order valence-corrected chi connectivity index (χ2v) is 7.31. The van der Waals surface area contributed by atoms with Crippen LogP contribution in [0, 0.1) is 0 Å². The monoisotopic (exact) mass is 407 g/mol. The van der Waals surface area contributed by atoms with Gasteiger partial charge in [0.05, 0.1) is 6.54 Å². The van der Waals surface area contributed by atoms with Crippen LogP contribution < -0.4 is 15.4 Å². The van der Waals surface area contributed by atoms with Crippen molar-refractivity contribution in [2.45, 2.75) is 25.7 Å². The van der Waals surface area contributed by atoms with Crippen molar-refractivity contribution in [2.24, 2.45) is 0 Å². The van der Waals surface area contributed by atoms with Crippen molar-refractivity contribution in [2.75, 3.05) is 36.9 Å². The molecule has 2 aromatic carbocycles. The fourth-order valence-electron chi connectivity index (χ4n) is 3.40. The Hall–Kier alpha value is -3.28. The first-order chi connectivity index (χ1) is 14.7. The minimum absolute atomic E-state index is 0.0323. The van der Waals surface area contributed by atoms with E-state index in [0.29, 0.717) is 17.9 Å². The maximum atomic E-state index is 12.8. The van der Waals surface area contributed by atoms with Crippen LogP contribution in [0.25, 0.3) is 0 Å². The van der Waals surface area contributed by atoms with Gasteiger partial charge in [-0.3, -0.25) is 9.59 Å². The third kappa shape index (κ3) is 6.37. The Morgan fingerprint density at radius 3 is 2.43 bits per heavy atom. The van der Waals surface area contributed by atoms with Crippen LogP contribution in [0.2, 0.25) is 0 Å². The van der Waals surface area contributed by atoms with Gasteiger partial charge in [0.15, 0.2) is 0 Å². The first-order valence-corrected chi connectivity index (χ1v) is 10.4. The highest BCUT2D eigenvalue weighted by Gasteiger charge is 2.17. The van der Waals surface area contributed by atoms with E-state index in [4.69, 9.17) is 4.74 Å². The predicted molar refractivity (Wildman–Crippen MR) is 120 cm³/mol. The van der Waals surface area contributed by atoms with E-state index in [1.54, 1.807) is 30.3 Å². The molecule has 1 heterocycles. The number of benzene rings is 2. The van der Waals surface area contributed by atoms with Crippen molar-refractivity contribution in [3.8, 4) is 5.75 Å². The van der Waals surface area contributed by atoms with Gasteiger partial charge in [0, 0.05) is 30.0 Å². The summed E-state index contributed by atoms with van der Waals surface area (Å²) in [5.41, 5.74) is 2.05. The summed E-state index contributed by atoms with van der Waals surface area (Å²) in [5, 5.41) is 5.94. The molecule has 0 aliphatic carbocycles. The van der Waals surface area contributed by atoms with Crippen LogP contribution in [0.1, 0.15) is 36.0 Å². The summed E-state index contributed by atoms with van der Waals surface area (Å²) in [6, 6.07) is 14.5. The van der Waals surface area contributed by atoms with E-state index in [1.165, 1.54) is 12.8 Å². The molecule has 1 saturated heterocycles. The highest BCUT2D eigenvalue weighted by Crippen LogP contribution is 2.17. The van der Waals surface area contributed by atoms with Crippen LogP contribution in [0.15, 0.2) is 61.2 Å². The van der Waals surface area contributed by atoms with Crippen LogP contribution in [-0.2, 0) is 4.79 Å². The normalized spacial score (nSPS) is 13.8. The molecule has 0 spiro atoms. The molecule has 2 N–H and O–H groups in total. The SMILES string of the molecule is C=CCOc1ccc(NCC(=O)Nc2cccc(C(=O)N3CCCCCC3)c2)cc1. The lowest BCUT2D eigenvalue weighted by Gasteiger charge is -2.20. The van der Waals surface area contributed by atoms with Gasteiger partial charge in [0.1, 0.15) is 12.4 Å². The van der Waals surface area contributed by atoms with Crippen LogP contribution in [0.4, 0.5) is 11.4 Å². The molecule has 30 heavy (non-hydrogen) atoms. The Morgan fingerprint density at radius 2 is 1.73 bits per heavy atom. The Bertz CT molecular complexity index is 856. The molecule has 1 fully saturated rings. The molecule has 3 rings (SSSR count). The predicted octanol–water partition coefficient (Wildman–Crippen LogP) is 4.32. The zero-order valence-corrected chi connectivity index (χ0v) is 17.2. The Kier molecular flexibility index (Phi) is 7.89. The Morgan fingerprint density at radius 1 is 1.00 bits per heavy atom. The number of carbonyl (C=O) groups excluding carboxylic acids is 2. The zero-order valence-electron chi connectivity index (χ0n) is 17.2. The number of hydrogen-bond donors (Lipinski definition) is 2. The number of carbonyl (C=O) groups is 2. The number of likely N-dealkylation sites (tertiary alicyclic amines) is 1. The van der Waals surface area contributed by atoms with E-state index in [2.05, 4.69) is 17.2 Å². The maximum absolute atomic E-state index is 12.8. The minimum atomic E-state index is -0.179. The second kappa shape index (κ2) is 11.0. The number of nitrogens with one attached hydrogen (secondary N) is 2. The van der Waals surface area contributed by atoms with Crippen molar-refractivity contribution in [3.05, 3.63) is 66.7 Å². The molecule has 0 radical (unpaired) electrons. The summed E-state index contributed by atoms with van der Waals surface area (Å²) in [6.07, 6.45) is 6.15. The fraction of sp³-hybridized carbons (Fsp3) is 0.333. The molecule has 0 unspecified atom stereocenters. The van der Waals surface area contributed by atoms with Crippen molar-refractivity contribution < 1.29 is 14.3 Å². The van der Waals surface area contributed by atoms with Gasteiger partial charge in [0.2, 0.25) is 5.91 Å². The van der Waals surface area contributed by atoms with Crippen LogP contribution >= 0.6 is 0 Å². The van der Waals surface area contributed by atoms with Gasteiger partial charge < -0.3 is 20.3 Å². The third-order valence-electron chi connectivity index (χ3n) is 4.96. The molecular weight excluding hydrogens is 378 g/mol. The average Bonchev–Trinajstić information content (AvgIpc) is 3.06. The number of amides is 2. The molecule has 158 valence electrons. The molecule has 0 atom stereocenters. The second-order valence-electron chi connectivity index (χ2n) is 7.31.